The van der Waals surface area contributed by atoms with Gasteiger partial charge in [-0.1, -0.05) is 11.8 Å². The Morgan fingerprint density at radius 3 is 1.65 bits per heavy atom. The van der Waals surface area contributed by atoms with Crippen molar-refractivity contribution in [3.8, 4) is 24.7 Å². The second kappa shape index (κ2) is 4.08. The fourth-order valence-corrected chi connectivity index (χ4v) is 5.06. The van der Waals surface area contributed by atoms with E-state index in [0.29, 0.717) is 5.54 Å². The van der Waals surface area contributed by atoms with Crippen LogP contribution in [-0.4, -0.2) is 23.5 Å². The van der Waals surface area contributed by atoms with Crippen LogP contribution in [0.25, 0.3) is 0 Å². The topological polar surface area (TPSA) is 3.24 Å². The molecule has 0 aliphatic heterocycles. The van der Waals surface area contributed by atoms with E-state index in [1.807, 2.05) is 0 Å². The highest BCUT2D eigenvalue weighted by Gasteiger charge is 2.53. The van der Waals surface area contributed by atoms with Gasteiger partial charge in [0.15, 0.2) is 0 Å². The second-order valence-electron chi connectivity index (χ2n) is 6.41. The van der Waals surface area contributed by atoms with Crippen molar-refractivity contribution < 1.29 is 0 Å². The Kier molecular flexibility index (Phi) is 2.68. The van der Waals surface area contributed by atoms with Gasteiger partial charge < -0.3 is 0 Å². The maximum atomic E-state index is 5.52. The van der Waals surface area contributed by atoms with E-state index in [2.05, 4.69) is 16.7 Å². The van der Waals surface area contributed by atoms with Crippen LogP contribution in [0.1, 0.15) is 38.5 Å². The summed E-state index contributed by atoms with van der Waals surface area (Å²) in [4.78, 5) is 2.43. The van der Waals surface area contributed by atoms with E-state index in [-0.39, 0.29) is 0 Å². The first-order chi connectivity index (χ1) is 8.25. The molecule has 0 aromatic heterocycles. The molecule has 0 saturated heterocycles. The van der Waals surface area contributed by atoms with Crippen LogP contribution in [-0.2, 0) is 0 Å². The Bertz CT molecular complexity index is 330. The summed E-state index contributed by atoms with van der Waals surface area (Å²) in [6.07, 6.45) is 19.5. The number of terminal acetylenes is 2. The predicted octanol–water partition coefficient (Wildman–Crippen LogP) is 2.52. The first kappa shape index (κ1) is 11.2. The van der Waals surface area contributed by atoms with Crippen molar-refractivity contribution in [3.05, 3.63) is 0 Å². The second-order valence-corrected chi connectivity index (χ2v) is 6.41. The summed E-state index contributed by atoms with van der Waals surface area (Å²) >= 11 is 0. The first-order valence-corrected chi connectivity index (χ1v) is 6.88. The van der Waals surface area contributed by atoms with Crippen molar-refractivity contribution in [2.24, 2.45) is 17.8 Å². The van der Waals surface area contributed by atoms with Crippen molar-refractivity contribution in [1.82, 2.24) is 4.90 Å². The third-order valence-corrected chi connectivity index (χ3v) is 5.24. The van der Waals surface area contributed by atoms with E-state index in [9.17, 15) is 0 Å². The standard InChI is InChI=1S/C16H21N/c1-3-5-17(6-4-2)16-10-13-7-14(11-16)9-15(8-13)12-16/h1-2,13-15H,5-12H2. The van der Waals surface area contributed by atoms with Crippen molar-refractivity contribution in [2.75, 3.05) is 13.1 Å². The molecule has 4 aliphatic rings. The molecule has 1 heteroatoms. The van der Waals surface area contributed by atoms with E-state index in [0.717, 1.165) is 30.8 Å². The molecule has 0 atom stereocenters. The lowest BCUT2D eigenvalue weighted by Gasteiger charge is -2.60. The molecular weight excluding hydrogens is 206 g/mol. The molecule has 0 amide bonds. The van der Waals surface area contributed by atoms with Crippen LogP contribution in [0, 0.1) is 42.4 Å². The molecule has 4 fully saturated rings. The minimum absolute atomic E-state index is 0.369. The number of hydrogen-bond acceptors (Lipinski definition) is 1. The Morgan fingerprint density at radius 1 is 0.882 bits per heavy atom. The van der Waals surface area contributed by atoms with Gasteiger partial charge in [0, 0.05) is 5.54 Å². The quantitative estimate of drug-likeness (QED) is 0.670. The molecule has 0 unspecified atom stereocenters. The Labute approximate surface area is 105 Å². The molecule has 90 valence electrons. The molecule has 4 bridgehead atoms. The Hall–Kier alpha value is -0.920. The molecule has 0 radical (unpaired) electrons. The average Bonchev–Trinajstić information content (AvgIpc) is 2.27. The normalized spacial score (nSPS) is 42.4. The van der Waals surface area contributed by atoms with Gasteiger partial charge in [0.25, 0.3) is 0 Å². The van der Waals surface area contributed by atoms with Crippen molar-refractivity contribution in [3.63, 3.8) is 0 Å². The maximum absolute atomic E-state index is 5.52. The SMILES string of the molecule is C#CCN(CC#C)C12CC3CC(CC(C3)C1)C2. The zero-order valence-corrected chi connectivity index (χ0v) is 10.5. The van der Waals surface area contributed by atoms with Crippen LogP contribution in [0.5, 0.6) is 0 Å². The summed E-state index contributed by atoms with van der Waals surface area (Å²) in [6, 6.07) is 0. The van der Waals surface area contributed by atoms with Crippen LogP contribution in [0.3, 0.4) is 0 Å². The Morgan fingerprint density at radius 2 is 1.29 bits per heavy atom. The maximum Gasteiger partial charge on any atom is 0.0612 e. The zero-order chi connectivity index (χ0) is 11.9. The van der Waals surface area contributed by atoms with Gasteiger partial charge in [-0.25, -0.2) is 0 Å². The molecule has 0 N–H and O–H groups in total. The van der Waals surface area contributed by atoms with Gasteiger partial charge in [-0.3, -0.25) is 4.90 Å². The molecule has 0 aromatic rings. The van der Waals surface area contributed by atoms with E-state index in [1.165, 1.54) is 38.5 Å². The van der Waals surface area contributed by atoms with Gasteiger partial charge >= 0.3 is 0 Å². The van der Waals surface area contributed by atoms with Gasteiger partial charge in [0.2, 0.25) is 0 Å². The smallest absolute Gasteiger partial charge is 0.0612 e. The van der Waals surface area contributed by atoms with Gasteiger partial charge in [-0.05, 0) is 56.3 Å². The minimum Gasteiger partial charge on any atom is -0.275 e. The van der Waals surface area contributed by atoms with E-state index >= 15 is 0 Å². The molecule has 4 aliphatic carbocycles. The monoisotopic (exact) mass is 227 g/mol. The third-order valence-electron chi connectivity index (χ3n) is 5.24. The van der Waals surface area contributed by atoms with Crippen LogP contribution in [0.2, 0.25) is 0 Å². The van der Waals surface area contributed by atoms with E-state index in [4.69, 9.17) is 12.8 Å². The third kappa shape index (κ3) is 1.78. The van der Waals surface area contributed by atoms with E-state index in [1.54, 1.807) is 0 Å². The average molecular weight is 227 g/mol. The highest BCUT2D eigenvalue weighted by Crippen LogP contribution is 2.57. The number of nitrogens with zero attached hydrogens (tertiary/aromatic N) is 1. The van der Waals surface area contributed by atoms with Gasteiger partial charge in [-0.15, -0.1) is 12.8 Å². The number of rotatable bonds is 3. The number of hydrogen-bond donors (Lipinski definition) is 0. The summed E-state index contributed by atoms with van der Waals surface area (Å²) in [5.74, 6) is 8.49. The van der Waals surface area contributed by atoms with Gasteiger partial charge in [0.05, 0.1) is 13.1 Å². The van der Waals surface area contributed by atoms with Crippen LogP contribution < -0.4 is 0 Å². The summed E-state index contributed by atoms with van der Waals surface area (Å²) in [5.41, 5.74) is 0.369. The lowest BCUT2D eigenvalue weighted by molar-refractivity contribution is -0.0792. The van der Waals surface area contributed by atoms with Crippen LogP contribution in [0.15, 0.2) is 0 Å². The fraction of sp³-hybridized carbons (Fsp3) is 0.750. The van der Waals surface area contributed by atoms with Gasteiger partial charge in [0.1, 0.15) is 0 Å². The predicted molar refractivity (Wildman–Crippen MR) is 70.1 cm³/mol. The van der Waals surface area contributed by atoms with Crippen LogP contribution >= 0.6 is 0 Å². The molecule has 0 heterocycles. The molecule has 0 spiro atoms. The summed E-state index contributed by atoms with van der Waals surface area (Å²) in [5, 5.41) is 0. The molecule has 17 heavy (non-hydrogen) atoms. The first-order valence-electron chi connectivity index (χ1n) is 6.88. The van der Waals surface area contributed by atoms with Crippen molar-refractivity contribution in [1.29, 1.82) is 0 Å². The highest BCUT2D eigenvalue weighted by atomic mass is 15.2. The lowest BCUT2D eigenvalue weighted by atomic mass is 9.52. The summed E-state index contributed by atoms with van der Waals surface area (Å²) < 4.78 is 0. The molecule has 4 rings (SSSR count). The van der Waals surface area contributed by atoms with E-state index < -0.39 is 0 Å². The zero-order valence-electron chi connectivity index (χ0n) is 10.5. The van der Waals surface area contributed by atoms with Gasteiger partial charge in [-0.2, -0.15) is 0 Å². The Balaban J connectivity index is 1.85. The largest absolute Gasteiger partial charge is 0.275 e. The molecule has 4 saturated carbocycles. The minimum atomic E-state index is 0.369. The lowest BCUT2D eigenvalue weighted by Crippen LogP contribution is -2.60. The van der Waals surface area contributed by atoms with Crippen molar-refractivity contribution in [2.45, 2.75) is 44.1 Å². The molecule has 0 aromatic carbocycles. The summed E-state index contributed by atoms with van der Waals surface area (Å²) in [7, 11) is 0. The van der Waals surface area contributed by atoms with Crippen molar-refractivity contribution >= 4 is 0 Å². The molecule has 1 nitrogen and oxygen atoms in total. The summed E-state index contributed by atoms with van der Waals surface area (Å²) in [6.45, 7) is 1.47. The molecular formula is C16H21N. The highest BCUT2D eigenvalue weighted by molar-refractivity contribution is 5.11. The fourth-order valence-electron chi connectivity index (χ4n) is 5.06. The van der Waals surface area contributed by atoms with Crippen LogP contribution in [0.4, 0.5) is 0 Å².